The number of hydrogen-bond donors (Lipinski definition) is 1. The number of rotatable bonds is 6. The van der Waals surface area contributed by atoms with Crippen molar-refractivity contribution in [1.29, 1.82) is 0 Å². The highest BCUT2D eigenvalue weighted by molar-refractivity contribution is 7.11. The lowest BCUT2D eigenvalue weighted by atomic mass is 10.0. The summed E-state index contributed by atoms with van der Waals surface area (Å²) in [6.45, 7) is 6.61. The van der Waals surface area contributed by atoms with Gasteiger partial charge in [-0.05, 0) is 44.4 Å². The molecule has 2 rings (SSSR count). The molecule has 0 fully saturated rings. The fourth-order valence-electron chi connectivity index (χ4n) is 1.98. The summed E-state index contributed by atoms with van der Waals surface area (Å²) < 4.78 is 5.76. The summed E-state index contributed by atoms with van der Waals surface area (Å²) >= 11 is 7.93. The first-order chi connectivity index (χ1) is 9.99. The fourth-order valence-corrected chi connectivity index (χ4v) is 3.08. The van der Waals surface area contributed by atoms with E-state index in [1.807, 2.05) is 25.1 Å². The van der Waals surface area contributed by atoms with Crippen LogP contribution in [0.5, 0.6) is 5.75 Å². The first-order valence-electron chi connectivity index (χ1n) is 7.09. The van der Waals surface area contributed by atoms with Gasteiger partial charge in [0, 0.05) is 10.9 Å². The molecule has 1 aromatic carbocycles. The van der Waals surface area contributed by atoms with Crippen LogP contribution in [0.1, 0.15) is 34.5 Å². The molecule has 114 valence electrons. The maximum Gasteiger partial charge on any atom is 0.140 e. The Labute approximate surface area is 135 Å². The van der Waals surface area contributed by atoms with Crippen LogP contribution < -0.4 is 10.5 Å². The summed E-state index contributed by atoms with van der Waals surface area (Å²) in [5.41, 5.74) is 8.17. The Morgan fingerprint density at radius 3 is 2.71 bits per heavy atom. The second-order valence-corrected chi connectivity index (χ2v) is 6.87. The molecule has 0 bridgehead atoms. The maximum absolute atomic E-state index is 6.28. The number of hydrogen-bond acceptors (Lipinski definition) is 4. The Bertz CT molecular complexity index is 593. The van der Waals surface area contributed by atoms with Gasteiger partial charge in [-0.1, -0.05) is 24.6 Å². The molecule has 1 atom stereocenters. The monoisotopic (exact) mass is 324 g/mol. The highest BCUT2D eigenvalue weighted by Gasteiger charge is 2.08. The smallest absolute Gasteiger partial charge is 0.140 e. The zero-order valence-corrected chi connectivity index (χ0v) is 14.2. The molecule has 5 heteroatoms. The normalized spacial score (nSPS) is 12.4. The van der Waals surface area contributed by atoms with Crippen molar-refractivity contribution in [2.45, 2.75) is 46.3 Å². The minimum atomic E-state index is 0.175. The molecule has 1 aromatic heterocycles. The third-order valence-corrected chi connectivity index (χ3v) is 4.78. The van der Waals surface area contributed by atoms with Crippen LogP contribution in [-0.4, -0.2) is 11.0 Å². The third kappa shape index (κ3) is 4.43. The lowest BCUT2D eigenvalue weighted by molar-refractivity contribution is 0.305. The number of aryl methyl sites for hydroxylation is 2. The van der Waals surface area contributed by atoms with Gasteiger partial charge in [-0.2, -0.15) is 0 Å². The highest BCUT2D eigenvalue weighted by Crippen LogP contribution is 2.27. The summed E-state index contributed by atoms with van der Waals surface area (Å²) in [5, 5.41) is 1.60. The van der Waals surface area contributed by atoms with E-state index in [2.05, 4.69) is 18.8 Å². The molecule has 0 saturated carbocycles. The van der Waals surface area contributed by atoms with Crippen LogP contribution in [0.3, 0.4) is 0 Å². The molecule has 3 nitrogen and oxygen atoms in total. The zero-order valence-electron chi connectivity index (χ0n) is 12.6. The van der Waals surface area contributed by atoms with Gasteiger partial charge in [0.25, 0.3) is 0 Å². The minimum absolute atomic E-state index is 0.175. The SMILES string of the molecule is CCC(N)Cc1ccc(OCc2nc(C)c(C)s2)c(Cl)c1. The molecule has 2 aromatic rings. The lowest BCUT2D eigenvalue weighted by Gasteiger charge is -2.11. The van der Waals surface area contributed by atoms with Crippen molar-refractivity contribution in [3.8, 4) is 5.75 Å². The van der Waals surface area contributed by atoms with Crippen LogP contribution in [0.2, 0.25) is 5.02 Å². The second-order valence-electron chi connectivity index (χ2n) is 5.18. The van der Waals surface area contributed by atoms with Gasteiger partial charge < -0.3 is 10.5 Å². The quantitative estimate of drug-likeness (QED) is 0.863. The average Bonchev–Trinajstić information content (AvgIpc) is 2.76. The first kappa shape index (κ1) is 16.3. The number of thiazole rings is 1. The average molecular weight is 325 g/mol. The molecule has 0 radical (unpaired) electrons. The van der Waals surface area contributed by atoms with Gasteiger partial charge in [-0.25, -0.2) is 4.98 Å². The van der Waals surface area contributed by atoms with Crippen molar-refractivity contribution in [2.75, 3.05) is 0 Å². The van der Waals surface area contributed by atoms with Gasteiger partial charge >= 0.3 is 0 Å². The van der Waals surface area contributed by atoms with Gasteiger partial charge in [-0.3, -0.25) is 0 Å². The molecule has 0 saturated heterocycles. The molecule has 0 aliphatic carbocycles. The van der Waals surface area contributed by atoms with Crippen molar-refractivity contribution in [3.05, 3.63) is 44.4 Å². The summed E-state index contributed by atoms with van der Waals surface area (Å²) in [6.07, 6.45) is 1.79. The van der Waals surface area contributed by atoms with Crippen molar-refractivity contribution in [3.63, 3.8) is 0 Å². The van der Waals surface area contributed by atoms with E-state index in [0.717, 1.165) is 29.1 Å². The first-order valence-corrected chi connectivity index (χ1v) is 8.28. The Hall–Kier alpha value is -1.10. The molecule has 21 heavy (non-hydrogen) atoms. The van der Waals surface area contributed by atoms with Crippen LogP contribution in [0, 0.1) is 13.8 Å². The van der Waals surface area contributed by atoms with Crippen LogP contribution in [0.15, 0.2) is 18.2 Å². The number of benzene rings is 1. The fraction of sp³-hybridized carbons (Fsp3) is 0.438. The molecule has 1 heterocycles. The van der Waals surface area contributed by atoms with Gasteiger partial charge in [0.05, 0.1) is 10.7 Å². The van der Waals surface area contributed by atoms with Gasteiger partial charge in [0.1, 0.15) is 17.4 Å². The minimum Gasteiger partial charge on any atom is -0.485 e. The number of ether oxygens (including phenoxy) is 1. The molecule has 0 aliphatic rings. The largest absolute Gasteiger partial charge is 0.485 e. The summed E-state index contributed by atoms with van der Waals surface area (Å²) in [7, 11) is 0. The van der Waals surface area contributed by atoms with Gasteiger partial charge in [0.2, 0.25) is 0 Å². The number of halogens is 1. The van der Waals surface area contributed by atoms with Gasteiger partial charge in [-0.15, -0.1) is 11.3 Å². The topological polar surface area (TPSA) is 48.1 Å². The molecule has 0 aliphatic heterocycles. The standard InChI is InChI=1S/C16H21ClN2OS/c1-4-13(18)7-12-5-6-15(14(17)8-12)20-9-16-19-10(2)11(3)21-16/h5-6,8,13H,4,7,9,18H2,1-3H3. The number of nitrogens with zero attached hydrogens (tertiary/aromatic N) is 1. The molecular formula is C16H21ClN2OS. The molecular weight excluding hydrogens is 304 g/mol. The number of aromatic nitrogens is 1. The van der Waals surface area contributed by atoms with Crippen molar-refractivity contribution in [2.24, 2.45) is 5.73 Å². The summed E-state index contributed by atoms with van der Waals surface area (Å²) in [4.78, 5) is 5.68. The van der Waals surface area contributed by atoms with E-state index in [1.54, 1.807) is 11.3 Å². The van der Waals surface area contributed by atoms with E-state index < -0.39 is 0 Å². The zero-order chi connectivity index (χ0) is 15.4. The van der Waals surface area contributed by atoms with Crippen LogP contribution in [0.25, 0.3) is 0 Å². The van der Waals surface area contributed by atoms with Crippen LogP contribution in [0.4, 0.5) is 0 Å². The molecule has 2 N–H and O–H groups in total. The van der Waals surface area contributed by atoms with Crippen molar-refractivity contribution in [1.82, 2.24) is 4.98 Å². The van der Waals surface area contributed by atoms with E-state index in [-0.39, 0.29) is 6.04 Å². The third-order valence-electron chi connectivity index (χ3n) is 3.44. The van der Waals surface area contributed by atoms with E-state index in [1.165, 1.54) is 4.88 Å². The van der Waals surface area contributed by atoms with E-state index in [0.29, 0.717) is 17.4 Å². The second kappa shape index (κ2) is 7.25. The molecule has 0 spiro atoms. The van der Waals surface area contributed by atoms with Crippen LogP contribution in [-0.2, 0) is 13.0 Å². The van der Waals surface area contributed by atoms with E-state index in [9.17, 15) is 0 Å². The van der Waals surface area contributed by atoms with Crippen molar-refractivity contribution < 1.29 is 4.74 Å². The predicted octanol–water partition coefficient (Wildman–Crippen LogP) is 4.27. The maximum atomic E-state index is 6.28. The predicted molar refractivity (Wildman–Crippen MR) is 89.3 cm³/mol. The Morgan fingerprint density at radius 1 is 1.38 bits per heavy atom. The summed E-state index contributed by atoms with van der Waals surface area (Å²) in [6, 6.07) is 6.04. The summed E-state index contributed by atoms with van der Waals surface area (Å²) in [5.74, 6) is 0.691. The molecule has 1 unspecified atom stereocenters. The Kier molecular flexibility index (Phi) is 5.62. The number of nitrogens with two attached hydrogens (primary N) is 1. The van der Waals surface area contributed by atoms with E-state index in [4.69, 9.17) is 22.1 Å². The van der Waals surface area contributed by atoms with Crippen LogP contribution >= 0.6 is 22.9 Å². The van der Waals surface area contributed by atoms with Gasteiger partial charge in [0.15, 0.2) is 0 Å². The Balaban J connectivity index is 2.00. The van der Waals surface area contributed by atoms with E-state index >= 15 is 0 Å². The molecule has 0 amide bonds. The highest BCUT2D eigenvalue weighted by atomic mass is 35.5. The Morgan fingerprint density at radius 2 is 2.14 bits per heavy atom. The van der Waals surface area contributed by atoms with Crippen molar-refractivity contribution >= 4 is 22.9 Å². The lowest BCUT2D eigenvalue weighted by Crippen LogP contribution is -2.21.